The summed E-state index contributed by atoms with van der Waals surface area (Å²) in [4.78, 5) is 35.1. The molecule has 1 unspecified atom stereocenters. The molecule has 0 bridgehead atoms. The number of hydrogen-bond donors (Lipinski definition) is 1. The zero-order valence-electron chi connectivity index (χ0n) is 23.3. The summed E-state index contributed by atoms with van der Waals surface area (Å²) in [6.45, 7) is 1.89. The number of nitrogens with one attached hydrogen (secondary N) is 1. The number of alkyl halides is 3. The van der Waals surface area contributed by atoms with E-state index in [9.17, 15) is 22.8 Å². The molecule has 44 heavy (non-hydrogen) atoms. The van der Waals surface area contributed by atoms with Gasteiger partial charge in [-0.05, 0) is 73.3 Å². The lowest BCUT2D eigenvalue weighted by Gasteiger charge is -2.22. The molecule has 1 aromatic heterocycles. The summed E-state index contributed by atoms with van der Waals surface area (Å²) in [5, 5.41) is 7.39. The van der Waals surface area contributed by atoms with Crippen LogP contribution >= 0.6 is 23.5 Å². The number of thioether (sulfide) groups is 2. The van der Waals surface area contributed by atoms with E-state index in [0.717, 1.165) is 5.56 Å². The highest BCUT2D eigenvalue weighted by molar-refractivity contribution is 8.15. The van der Waals surface area contributed by atoms with Gasteiger partial charge in [-0.3, -0.25) is 9.69 Å². The minimum atomic E-state index is -4.77. The number of carbonyl (C=O) groups is 2. The second-order valence-corrected chi connectivity index (χ2v) is 11.3. The van der Waals surface area contributed by atoms with Crippen molar-refractivity contribution in [2.75, 3.05) is 23.6 Å². The monoisotopic (exact) mass is 642 g/mol. The van der Waals surface area contributed by atoms with Crippen LogP contribution in [0.2, 0.25) is 0 Å². The maximum absolute atomic E-state index is 12.7. The molecule has 1 saturated heterocycles. The Kier molecular flexibility index (Phi) is 9.44. The molecule has 0 radical (unpaired) electrons. The fraction of sp³-hybridized carbons (Fsp3) is 0.207. The van der Waals surface area contributed by atoms with Gasteiger partial charge in [0, 0.05) is 10.8 Å². The van der Waals surface area contributed by atoms with Gasteiger partial charge in [0.05, 0.1) is 17.1 Å². The third kappa shape index (κ3) is 7.52. The van der Waals surface area contributed by atoms with E-state index in [2.05, 4.69) is 32.1 Å². The van der Waals surface area contributed by atoms with Crippen LogP contribution in [0.3, 0.4) is 0 Å². The van der Waals surface area contributed by atoms with Crippen LogP contribution in [-0.4, -0.2) is 57.0 Å². The maximum atomic E-state index is 12.7. The Labute approximate surface area is 258 Å². The van der Waals surface area contributed by atoms with Crippen molar-refractivity contribution in [2.45, 2.75) is 18.5 Å². The number of halogens is 3. The highest BCUT2D eigenvalue weighted by Gasteiger charge is 2.33. The molecule has 5 rings (SSSR count). The molecule has 4 aromatic rings. The van der Waals surface area contributed by atoms with Crippen LogP contribution in [0.1, 0.15) is 17.7 Å². The smallest absolute Gasteiger partial charge is 0.473 e. The Balaban J connectivity index is 1.17. The van der Waals surface area contributed by atoms with Gasteiger partial charge in [0.25, 0.3) is 0 Å². The molecule has 1 aliphatic heterocycles. The first-order valence-corrected chi connectivity index (χ1v) is 15.3. The molecule has 3 aromatic carbocycles. The number of rotatable bonds is 9. The summed E-state index contributed by atoms with van der Waals surface area (Å²) in [6, 6.07) is 19.0. The number of aromatic nitrogens is 3. The van der Waals surface area contributed by atoms with Crippen molar-refractivity contribution in [2.24, 2.45) is 4.99 Å². The van der Waals surface area contributed by atoms with Gasteiger partial charge in [0.2, 0.25) is 5.91 Å². The van der Waals surface area contributed by atoms with Crippen molar-refractivity contribution in [1.82, 2.24) is 20.1 Å². The molecule has 1 N–H and O–H groups in total. The van der Waals surface area contributed by atoms with Crippen LogP contribution in [0.4, 0.5) is 23.7 Å². The van der Waals surface area contributed by atoms with E-state index in [1.54, 1.807) is 36.0 Å². The predicted molar refractivity (Wildman–Crippen MR) is 163 cm³/mol. The van der Waals surface area contributed by atoms with Crippen molar-refractivity contribution in [3.8, 4) is 28.6 Å². The van der Waals surface area contributed by atoms with Crippen molar-refractivity contribution in [3.05, 3.63) is 84.7 Å². The van der Waals surface area contributed by atoms with Crippen molar-refractivity contribution >= 4 is 46.3 Å². The van der Waals surface area contributed by atoms with Gasteiger partial charge < -0.3 is 14.8 Å². The molecule has 228 valence electrons. The van der Waals surface area contributed by atoms with Crippen LogP contribution in [0.25, 0.3) is 17.1 Å². The average molecular weight is 643 g/mol. The second-order valence-electron chi connectivity index (χ2n) is 9.20. The number of amidine groups is 1. The minimum absolute atomic E-state index is 0.147. The molecule has 3 amide bonds. The van der Waals surface area contributed by atoms with Gasteiger partial charge in [0.15, 0.2) is 17.7 Å². The van der Waals surface area contributed by atoms with E-state index in [0.29, 0.717) is 33.7 Å². The van der Waals surface area contributed by atoms with Gasteiger partial charge in [-0.1, -0.05) is 30.0 Å². The first kappa shape index (κ1) is 30.9. The Hall–Kier alpha value is -4.50. The van der Waals surface area contributed by atoms with E-state index >= 15 is 0 Å². The molecule has 2 heterocycles. The van der Waals surface area contributed by atoms with Gasteiger partial charge in [0.1, 0.15) is 17.8 Å². The Morgan fingerprint density at radius 1 is 1.09 bits per heavy atom. The molecular weight excluding hydrogens is 617 g/mol. The number of ether oxygens (including phenoxy) is 2. The van der Waals surface area contributed by atoms with Crippen molar-refractivity contribution in [1.29, 1.82) is 0 Å². The number of nitrogens with zero attached hydrogens (tertiary/aromatic N) is 5. The molecule has 1 fully saturated rings. The van der Waals surface area contributed by atoms with Gasteiger partial charge in [-0.15, -0.1) is 18.3 Å². The lowest BCUT2D eigenvalue weighted by atomic mass is 10.1. The molecule has 0 saturated carbocycles. The Bertz CT molecular complexity index is 1660. The minimum Gasteiger partial charge on any atom is -0.473 e. The van der Waals surface area contributed by atoms with Crippen LogP contribution in [0.5, 0.6) is 11.5 Å². The van der Waals surface area contributed by atoms with E-state index in [1.807, 2.05) is 30.5 Å². The largest absolute Gasteiger partial charge is 0.573 e. The third-order valence-electron chi connectivity index (χ3n) is 6.33. The van der Waals surface area contributed by atoms with Gasteiger partial charge >= 0.3 is 12.4 Å². The number of hydrogen-bond acceptors (Lipinski definition) is 8. The quantitative estimate of drug-likeness (QED) is 0.208. The summed E-state index contributed by atoms with van der Waals surface area (Å²) in [6.07, 6.45) is -1.33. The maximum Gasteiger partial charge on any atom is 0.573 e. The first-order valence-electron chi connectivity index (χ1n) is 13.1. The average Bonchev–Trinajstić information content (AvgIpc) is 3.64. The number of urea groups is 1. The summed E-state index contributed by atoms with van der Waals surface area (Å²) < 4.78 is 48.1. The fourth-order valence-corrected chi connectivity index (χ4v) is 5.48. The molecule has 10 nitrogen and oxygen atoms in total. The number of anilines is 1. The molecule has 1 aliphatic rings. The SMILES string of the molecule is CSC(C)c1ccccc1N1C(=O)CS/C1=N\C(=O)NCOc1ccc(-c2ncn(-c3ccc(OC(F)(F)F)cc3)n2)cc1. The van der Waals surface area contributed by atoms with E-state index < -0.39 is 12.4 Å². The predicted octanol–water partition coefficient (Wildman–Crippen LogP) is 6.44. The molecular formula is C29H25F3N6O4S2. The number of benzene rings is 3. The normalized spacial score (nSPS) is 15.0. The van der Waals surface area contributed by atoms with E-state index in [1.165, 1.54) is 51.9 Å². The van der Waals surface area contributed by atoms with Crippen LogP contribution in [0, 0.1) is 0 Å². The Morgan fingerprint density at radius 2 is 1.80 bits per heavy atom. The van der Waals surface area contributed by atoms with E-state index in [-0.39, 0.29) is 29.4 Å². The molecule has 0 aliphatic carbocycles. The topological polar surface area (TPSA) is 111 Å². The lowest BCUT2D eigenvalue weighted by molar-refractivity contribution is -0.274. The molecule has 15 heteroatoms. The lowest BCUT2D eigenvalue weighted by Crippen LogP contribution is -2.33. The zero-order valence-corrected chi connectivity index (χ0v) is 24.9. The number of para-hydroxylation sites is 1. The summed E-state index contributed by atoms with van der Waals surface area (Å²) >= 11 is 2.86. The highest BCUT2D eigenvalue weighted by Crippen LogP contribution is 2.37. The number of carbonyl (C=O) groups excluding carboxylic acids is 2. The highest BCUT2D eigenvalue weighted by atomic mass is 32.2. The van der Waals surface area contributed by atoms with Crippen molar-refractivity contribution in [3.63, 3.8) is 0 Å². The van der Waals surface area contributed by atoms with Crippen LogP contribution < -0.4 is 19.7 Å². The first-order chi connectivity index (χ1) is 21.1. The van der Waals surface area contributed by atoms with Gasteiger partial charge in [-0.2, -0.15) is 16.8 Å². The summed E-state index contributed by atoms with van der Waals surface area (Å²) in [5.41, 5.74) is 2.86. The standard InChI is InChI=1S/C29H25F3N6O4S2/c1-18(43-2)23-5-3-4-6-24(23)38-25(39)15-44-28(38)35-27(40)34-17-41-21-11-7-19(8-12-21)26-33-16-37(36-26)20-9-13-22(14-10-20)42-29(30,31)32/h3-14,16,18H,15,17H2,1-2H3,(H,34,40)/b35-28-. The second kappa shape index (κ2) is 13.4. The van der Waals surface area contributed by atoms with Gasteiger partial charge in [-0.25, -0.2) is 14.5 Å². The zero-order chi connectivity index (χ0) is 31.3. The Morgan fingerprint density at radius 3 is 2.50 bits per heavy atom. The summed E-state index contributed by atoms with van der Waals surface area (Å²) in [7, 11) is 0. The van der Waals surface area contributed by atoms with Crippen molar-refractivity contribution < 1.29 is 32.2 Å². The molecule has 0 spiro atoms. The molecule has 1 atom stereocenters. The number of amides is 3. The van der Waals surface area contributed by atoms with Crippen LogP contribution in [0.15, 0.2) is 84.1 Å². The number of aliphatic imine (C=N–C) groups is 1. The van der Waals surface area contributed by atoms with Crippen LogP contribution in [-0.2, 0) is 4.79 Å². The fourth-order valence-electron chi connectivity index (χ4n) is 4.17. The summed E-state index contributed by atoms with van der Waals surface area (Å²) in [5.74, 6) is 0.558. The van der Waals surface area contributed by atoms with E-state index in [4.69, 9.17) is 4.74 Å². The third-order valence-corrected chi connectivity index (χ3v) is 8.22.